The van der Waals surface area contributed by atoms with Gasteiger partial charge in [-0.05, 0) is 51.2 Å². The second-order valence-electron chi connectivity index (χ2n) is 7.84. The Hall–Kier alpha value is -3.13. The largest absolute Gasteiger partial charge is 0.490 e. The molecule has 2 fully saturated rings. The summed E-state index contributed by atoms with van der Waals surface area (Å²) in [5.74, 6) is -2.55. The van der Waals surface area contributed by atoms with E-state index in [1.54, 1.807) is 24.3 Å². The van der Waals surface area contributed by atoms with Gasteiger partial charge in [-0.2, -0.15) is 18.4 Å². The van der Waals surface area contributed by atoms with Gasteiger partial charge in [0.05, 0.1) is 23.7 Å². The summed E-state index contributed by atoms with van der Waals surface area (Å²) in [6.07, 6.45) is -3.00. The van der Waals surface area contributed by atoms with E-state index in [2.05, 4.69) is 11.0 Å². The monoisotopic (exact) mass is 454 g/mol. The van der Waals surface area contributed by atoms with E-state index in [1.807, 2.05) is 23.9 Å². The number of carbonyl (C=O) groups excluding carboxylic acids is 2. The molecule has 0 radical (unpaired) electrons. The lowest BCUT2D eigenvalue weighted by Gasteiger charge is -2.40. The maximum atomic E-state index is 12.9. The molecule has 2 amide bonds. The predicted octanol–water partition coefficient (Wildman–Crippen LogP) is 1.96. The van der Waals surface area contributed by atoms with Crippen molar-refractivity contribution < 1.29 is 32.7 Å². The normalized spacial score (nSPS) is 20.3. The van der Waals surface area contributed by atoms with Crippen molar-refractivity contribution in [1.82, 2.24) is 14.7 Å². The molecular formula is C21H25F3N4O4. The Labute approximate surface area is 183 Å². The molecule has 8 nitrogen and oxygen atoms in total. The first kappa shape index (κ1) is 25.1. The van der Waals surface area contributed by atoms with Crippen LogP contribution in [0.4, 0.5) is 13.2 Å². The Morgan fingerprint density at radius 2 is 1.78 bits per heavy atom. The van der Waals surface area contributed by atoms with E-state index in [0.717, 1.165) is 19.4 Å². The number of piperidine rings is 1. The van der Waals surface area contributed by atoms with Gasteiger partial charge < -0.3 is 19.8 Å². The summed E-state index contributed by atoms with van der Waals surface area (Å²) in [6, 6.07) is 9.08. The van der Waals surface area contributed by atoms with Crippen LogP contribution in [0, 0.1) is 11.3 Å². The molecule has 0 bridgehead atoms. The third kappa shape index (κ3) is 6.20. The molecule has 1 aromatic rings. The molecule has 11 heteroatoms. The van der Waals surface area contributed by atoms with Crippen molar-refractivity contribution >= 4 is 17.8 Å². The van der Waals surface area contributed by atoms with Gasteiger partial charge in [-0.3, -0.25) is 9.59 Å². The molecule has 2 saturated heterocycles. The molecule has 2 atom stereocenters. The van der Waals surface area contributed by atoms with E-state index < -0.39 is 12.1 Å². The van der Waals surface area contributed by atoms with Gasteiger partial charge in [0.1, 0.15) is 0 Å². The molecule has 2 aliphatic heterocycles. The molecule has 0 saturated carbocycles. The maximum absolute atomic E-state index is 12.9. The fourth-order valence-corrected chi connectivity index (χ4v) is 3.85. The van der Waals surface area contributed by atoms with E-state index in [4.69, 9.17) is 15.2 Å². The lowest BCUT2D eigenvalue weighted by molar-refractivity contribution is -0.192. The number of carbonyl (C=O) groups is 3. The van der Waals surface area contributed by atoms with Crippen LogP contribution in [0.5, 0.6) is 0 Å². The van der Waals surface area contributed by atoms with Crippen molar-refractivity contribution in [2.24, 2.45) is 0 Å². The summed E-state index contributed by atoms with van der Waals surface area (Å²) >= 11 is 0. The molecule has 32 heavy (non-hydrogen) atoms. The number of benzene rings is 1. The molecule has 0 unspecified atom stereocenters. The molecule has 3 rings (SSSR count). The minimum atomic E-state index is -5.08. The van der Waals surface area contributed by atoms with Crippen LogP contribution in [0.1, 0.15) is 35.2 Å². The number of likely N-dealkylation sites (N-methyl/N-ethyl adjacent to an activating group) is 1. The number of hydrogen-bond acceptors (Lipinski definition) is 5. The van der Waals surface area contributed by atoms with Gasteiger partial charge in [0.2, 0.25) is 5.91 Å². The number of likely N-dealkylation sites (tertiary alicyclic amines) is 2. The van der Waals surface area contributed by atoms with Crippen LogP contribution in [-0.2, 0) is 9.59 Å². The highest BCUT2D eigenvalue weighted by Gasteiger charge is 2.44. The number of hydrogen-bond donors (Lipinski definition) is 1. The minimum absolute atomic E-state index is 0.00102. The van der Waals surface area contributed by atoms with E-state index in [-0.39, 0.29) is 23.9 Å². The van der Waals surface area contributed by atoms with Crippen molar-refractivity contribution in [3.8, 4) is 6.07 Å². The molecule has 1 aromatic carbocycles. The summed E-state index contributed by atoms with van der Waals surface area (Å²) in [5.41, 5.74) is 1.16. The SMILES string of the molecule is CN(C)CCN1C(=O)CC[C@@H]2[C@H]1CCN2C(=O)c1ccc(C#N)cc1.O=C(O)C(F)(F)F. The first-order valence-electron chi connectivity index (χ1n) is 10.0. The highest BCUT2D eigenvalue weighted by Crippen LogP contribution is 2.32. The van der Waals surface area contributed by atoms with Crippen LogP contribution >= 0.6 is 0 Å². The average molecular weight is 454 g/mol. The van der Waals surface area contributed by atoms with Gasteiger partial charge in [0.15, 0.2) is 0 Å². The van der Waals surface area contributed by atoms with Crippen molar-refractivity contribution in [3.63, 3.8) is 0 Å². The molecule has 0 spiro atoms. The fourth-order valence-electron chi connectivity index (χ4n) is 3.85. The Kier molecular flexibility index (Phi) is 8.21. The molecule has 1 N–H and O–H groups in total. The number of rotatable bonds is 4. The van der Waals surface area contributed by atoms with Gasteiger partial charge in [-0.1, -0.05) is 0 Å². The number of carboxylic acid groups (broad SMARTS) is 1. The Morgan fingerprint density at radius 3 is 2.28 bits per heavy atom. The number of amides is 2. The zero-order valence-electron chi connectivity index (χ0n) is 17.8. The van der Waals surface area contributed by atoms with Crippen molar-refractivity contribution in [3.05, 3.63) is 35.4 Å². The zero-order valence-corrected chi connectivity index (χ0v) is 17.8. The Morgan fingerprint density at radius 1 is 1.19 bits per heavy atom. The molecular weight excluding hydrogens is 429 g/mol. The number of fused-ring (bicyclic) bond motifs is 1. The Bertz CT molecular complexity index is 881. The quantitative estimate of drug-likeness (QED) is 0.746. The molecule has 2 aliphatic rings. The number of alkyl halides is 3. The number of aliphatic carboxylic acids is 1. The topological polar surface area (TPSA) is 105 Å². The molecule has 0 aliphatic carbocycles. The van der Waals surface area contributed by atoms with Gasteiger partial charge >= 0.3 is 12.1 Å². The maximum Gasteiger partial charge on any atom is 0.490 e. The first-order chi connectivity index (χ1) is 15.0. The number of nitrogens with zero attached hydrogens (tertiary/aromatic N) is 4. The molecule has 2 heterocycles. The van der Waals surface area contributed by atoms with Gasteiger partial charge in [-0.15, -0.1) is 0 Å². The lowest BCUT2D eigenvalue weighted by Crippen LogP contribution is -2.54. The summed E-state index contributed by atoms with van der Waals surface area (Å²) in [4.78, 5) is 40.1. The standard InChI is InChI=1S/C19H24N4O2.C2HF3O2/c1-21(2)11-12-22-17-9-10-23(16(17)7-8-18(22)24)19(25)15-5-3-14(13-20)4-6-15;3-2(4,5)1(6)7/h3-6,16-17H,7-12H2,1-2H3;(H,6,7)/t16-,17-;/m1./s1. The minimum Gasteiger partial charge on any atom is -0.475 e. The van der Waals surface area contributed by atoms with E-state index in [0.29, 0.717) is 30.6 Å². The lowest BCUT2D eigenvalue weighted by atomic mass is 9.96. The van der Waals surface area contributed by atoms with Crippen LogP contribution < -0.4 is 0 Å². The first-order valence-corrected chi connectivity index (χ1v) is 10.0. The molecule has 174 valence electrons. The fraction of sp³-hybridized carbons (Fsp3) is 0.524. The second kappa shape index (κ2) is 10.5. The van der Waals surface area contributed by atoms with Crippen LogP contribution in [0.25, 0.3) is 0 Å². The molecule has 0 aromatic heterocycles. The zero-order chi connectivity index (χ0) is 24.1. The number of carboxylic acids is 1. The Balaban J connectivity index is 0.000000451. The number of nitriles is 1. The van der Waals surface area contributed by atoms with Gasteiger partial charge in [-0.25, -0.2) is 4.79 Å². The van der Waals surface area contributed by atoms with E-state index in [9.17, 15) is 22.8 Å². The summed E-state index contributed by atoms with van der Waals surface area (Å²) in [6.45, 7) is 2.23. The van der Waals surface area contributed by atoms with E-state index in [1.165, 1.54) is 0 Å². The predicted molar refractivity (Wildman–Crippen MR) is 108 cm³/mol. The van der Waals surface area contributed by atoms with Gasteiger partial charge in [0, 0.05) is 31.6 Å². The highest BCUT2D eigenvalue weighted by atomic mass is 19.4. The third-order valence-corrected chi connectivity index (χ3v) is 5.44. The second-order valence-corrected chi connectivity index (χ2v) is 7.84. The summed E-state index contributed by atoms with van der Waals surface area (Å²) in [5, 5.41) is 16.0. The van der Waals surface area contributed by atoms with Crippen molar-refractivity contribution in [1.29, 1.82) is 5.26 Å². The van der Waals surface area contributed by atoms with Gasteiger partial charge in [0.25, 0.3) is 5.91 Å². The highest BCUT2D eigenvalue weighted by molar-refractivity contribution is 5.95. The van der Waals surface area contributed by atoms with Crippen molar-refractivity contribution in [2.45, 2.75) is 37.5 Å². The van der Waals surface area contributed by atoms with Crippen LogP contribution in [-0.4, -0.2) is 89.6 Å². The smallest absolute Gasteiger partial charge is 0.475 e. The summed E-state index contributed by atoms with van der Waals surface area (Å²) < 4.78 is 31.7. The number of halogens is 3. The third-order valence-electron chi connectivity index (χ3n) is 5.44. The van der Waals surface area contributed by atoms with Crippen molar-refractivity contribution in [2.75, 3.05) is 33.7 Å². The van der Waals surface area contributed by atoms with Crippen LogP contribution in [0.15, 0.2) is 24.3 Å². The van der Waals surface area contributed by atoms with Crippen LogP contribution in [0.2, 0.25) is 0 Å². The van der Waals surface area contributed by atoms with E-state index >= 15 is 0 Å². The summed E-state index contributed by atoms with van der Waals surface area (Å²) in [7, 11) is 4.00. The average Bonchev–Trinajstić information content (AvgIpc) is 3.16. The van der Waals surface area contributed by atoms with Crippen LogP contribution in [0.3, 0.4) is 0 Å².